The molecule has 0 spiro atoms. The number of aryl methyl sites for hydroxylation is 3. The second-order valence-electron chi connectivity index (χ2n) is 5.14. The fourth-order valence-electron chi connectivity index (χ4n) is 2.18. The molecule has 100 valence electrons. The van der Waals surface area contributed by atoms with Crippen LogP contribution in [0.4, 0.5) is 10.1 Å². The molecule has 0 atom stereocenters. The molecule has 4 nitrogen and oxygen atoms in total. The molecule has 1 aromatic carbocycles. The maximum atomic E-state index is 13.1. The Morgan fingerprint density at radius 2 is 2.16 bits per heavy atom. The Balaban J connectivity index is 1.69. The predicted octanol–water partition coefficient (Wildman–Crippen LogP) is 2.20. The zero-order chi connectivity index (χ0) is 13.4. The topological polar surface area (TPSA) is 56.7 Å². The van der Waals surface area contributed by atoms with Gasteiger partial charge in [0.2, 0.25) is 0 Å². The molecule has 0 bridgehead atoms. The van der Waals surface area contributed by atoms with Crippen molar-refractivity contribution in [1.82, 2.24) is 14.8 Å². The minimum Gasteiger partial charge on any atom is -0.396 e. The largest absolute Gasteiger partial charge is 0.396 e. The van der Waals surface area contributed by atoms with Crippen LogP contribution in [0.15, 0.2) is 18.2 Å². The van der Waals surface area contributed by atoms with Crippen LogP contribution in [-0.2, 0) is 19.9 Å². The summed E-state index contributed by atoms with van der Waals surface area (Å²) in [7, 11) is 1.92. The minimum atomic E-state index is -0.363. The van der Waals surface area contributed by atoms with Crippen molar-refractivity contribution in [3.63, 3.8) is 0 Å². The van der Waals surface area contributed by atoms with Gasteiger partial charge in [0.1, 0.15) is 11.6 Å². The minimum absolute atomic E-state index is 0.203. The van der Waals surface area contributed by atoms with E-state index >= 15 is 0 Å². The number of nitrogens with zero attached hydrogens (tertiary/aromatic N) is 3. The van der Waals surface area contributed by atoms with Gasteiger partial charge in [-0.3, -0.25) is 4.68 Å². The van der Waals surface area contributed by atoms with E-state index in [1.165, 1.54) is 18.9 Å². The number of hydrogen-bond acceptors (Lipinski definition) is 3. The summed E-state index contributed by atoms with van der Waals surface area (Å²) in [5.74, 6) is 2.15. The Kier molecular flexibility index (Phi) is 2.97. The number of halogens is 1. The monoisotopic (exact) mass is 260 g/mol. The summed E-state index contributed by atoms with van der Waals surface area (Å²) in [4.78, 5) is 4.57. The number of anilines is 1. The van der Waals surface area contributed by atoms with Crippen LogP contribution in [0.25, 0.3) is 0 Å². The molecule has 0 radical (unpaired) electrons. The number of benzene rings is 1. The fraction of sp³-hybridized carbons (Fsp3) is 0.429. The Morgan fingerprint density at radius 3 is 2.84 bits per heavy atom. The molecular weight excluding hydrogens is 243 g/mol. The van der Waals surface area contributed by atoms with Gasteiger partial charge >= 0.3 is 0 Å². The Labute approximate surface area is 111 Å². The summed E-state index contributed by atoms with van der Waals surface area (Å²) < 4.78 is 14.9. The second-order valence-corrected chi connectivity index (χ2v) is 5.14. The highest BCUT2D eigenvalue weighted by molar-refractivity contribution is 5.42. The van der Waals surface area contributed by atoms with E-state index < -0.39 is 0 Å². The molecule has 1 heterocycles. The van der Waals surface area contributed by atoms with Crippen LogP contribution >= 0.6 is 0 Å². The third-order valence-electron chi connectivity index (χ3n) is 3.51. The standard InChI is InChI=1S/C14H17FN4/c1-19-13(17-14(18-19)10-4-5-10)7-3-9-2-6-11(15)12(16)8-9/h2,6,8,10H,3-5,7,16H2,1H3. The van der Waals surface area contributed by atoms with E-state index in [1.54, 1.807) is 12.1 Å². The van der Waals surface area contributed by atoms with E-state index in [2.05, 4.69) is 10.1 Å². The molecular formula is C14H17FN4. The molecule has 1 aliphatic rings. The van der Waals surface area contributed by atoms with Gasteiger partial charge in [0.25, 0.3) is 0 Å². The Bertz CT molecular complexity index is 601. The van der Waals surface area contributed by atoms with Crippen molar-refractivity contribution in [2.45, 2.75) is 31.6 Å². The van der Waals surface area contributed by atoms with Crippen molar-refractivity contribution in [2.75, 3.05) is 5.73 Å². The van der Waals surface area contributed by atoms with Crippen LogP contribution in [0.3, 0.4) is 0 Å². The maximum Gasteiger partial charge on any atom is 0.154 e. The van der Waals surface area contributed by atoms with Crippen LogP contribution < -0.4 is 5.73 Å². The van der Waals surface area contributed by atoms with Crippen molar-refractivity contribution in [3.8, 4) is 0 Å². The molecule has 19 heavy (non-hydrogen) atoms. The average molecular weight is 260 g/mol. The van der Waals surface area contributed by atoms with Crippen LogP contribution in [0.1, 0.15) is 36.0 Å². The molecule has 1 aliphatic carbocycles. The van der Waals surface area contributed by atoms with Gasteiger partial charge in [-0.2, -0.15) is 5.10 Å². The molecule has 0 saturated heterocycles. The normalized spacial score (nSPS) is 14.8. The van der Waals surface area contributed by atoms with E-state index in [9.17, 15) is 4.39 Å². The summed E-state index contributed by atoms with van der Waals surface area (Å²) in [5.41, 5.74) is 6.79. The number of hydrogen-bond donors (Lipinski definition) is 1. The first-order chi connectivity index (χ1) is 9.13. The van der Waals surface area contributed by atoms with Gasteiger partial charge in [-0.15, -0.1) is 0 Å². The van der Waals surface area contributed by atoms with Crippen molar-refractivity contribution in [3.05, 3.63) is 41.2 Å². The SMILES string of the molecule is Cn1nc(C2CC2)nc1CCc1ccc(F)c(N)c1. The highest BCUT2D eigenvalue weighted by Crippen LogP contribution is 2.38. The van der Waals surface area contributed by atoms with Gasteiger partial charge in [-0.25, -0.2) is 9.37 Å². The van der Waals surface area contributed by atoms with E-state index in [1.807, 2.05) is 11.7 Å². The lowest BCUT2D eigenvalue weighted by molar-refractivity contribution is 0.631. The van der Waals surface area contributed by atoms with Gasteiger partial charge in [-0.1, -0.05) is 6.07 Å². The van der Waals surface area contributed by atoms with Gasteiger partial charge in [-0.05, 0) is 37.0 Å². The summed E-state index contributed by atoms with van der Waals surface area (Å²) in [5, 5.41) is 4.44. The van der Waals surface area contributed by atoms with E-state index in [0.29, 0.717) is 5.92 Å². The van der Waals surface area contributed by atoms with Gasteiger partial charge < -0.3 is 5.73 Å². The predicted molar refractivity (Wildman–Crippen MR) is 71.2 cm³/mol. The molecule has 1 fully saturated rings. The van der Waals surface area contributed by atoms with Gasteiger partial charge in [0.15, 0.2) is 5.82 Å². The maximum absolute atomic E-state index is 13.1. The molecule has 2 aromatic rings. The van der Waals surface area contributed by atoms with Crippen molar-refractivity contribution >= 4 is 5.69 Å². The summed E-state index contributed by atoms with van der Waals surface area (Å²) in [6.07, 6.45) is 4.00. The molecule has 2 N–H and O–H groups in total. The summed E-state index contributed by atoms with van der Waals surface area (Å²) in [6.45, 7) is 0. The van der Waals surface area contributed by atoms with Crippen molar-refractivity contribution < 1.29 is 4.39 Å². The molecule has 1 aromatic heterocycles. The Hall–Kier alpha value is -1.91. The molecule has 3 rings (SSSR count). The van der Waals surface area contributed by atoms with E-state index in [0.717, 1.165) is 30.1 Å². The first kappa shape index (κ1) is 12.1. The van der Waals surface area contributed by atoms with Crippen LogP contribution in [0, 0.1) is 5.82 Å². The quantitative estimate of drug-likeness (QED) is 0.857. The van der Waals surface area contributed by atoms with Crippen LogP contribution in [0.5, 0.6) is 0 Å². The molecule has 0 unspecified atom stereocenters. The fourth-order valence-corrected chi connectivity index (χ4v) is 2.18. The second kappa shape index (κ2) is 4.64. The number of nitrogens with two attached hydrogens (primary N) is 1. The van der Waals surface area contributed by atoms with Gasteiger partial charge in [0, 0.05) is 19.4 Å². The highest BCUT2D eigenvalue weighted by atomic mass is 19.1. The van der Waals surface area contributed by atoms with Crippen molar-refractivity contribution in [2.24, 2.45) is 7.05 Å². The highest BCUT2D eigenvalue weighted by Gasteiger charge is 2.28. The number of rotatable bonds is 4. The third kappa shape index (κ3) is 2.59. The van der Waals surface area contributed by atoms with Crippen LogP contribution in [0.2, 0.25) is 0 Å². The van der Waals surface area contributed by atoms with Crippen molar-refractivity contribution in [1.29, 1.82) is 0 Å². The number of aromatic nitrogens is 3. The number of nitrogen functional groups attached to an aromatic ring is 1. The van der Waals surface area contributed by atoms with Crippen LogP contribution in [-0.4, -0.2) is 14.8 Å². The molecule has 5 heteroatoms. The zero-order valence-corrected chi connectivity index (χ0v) is 10.9. The lowest BCUT2D eigenvalue weighted by Gasteiger charge is -2.03. The lowest BCUT2D eigenvalue weighted by Crippen LogP contribution is -2.02. The van der Waals surface area contributed by atoms with E-state index in [-0.39, 0.29) is 11.5 Å². The molecule has 0 aliphatic heterocycles. The Morgan fingerprint density at radius 1 is 1.37 bits per heavy atom. The molecule has 0 amide bonds. The van der Waals surface area contributed by atoms with Gasteiger partial charge in [0.05, 0.1) is 5.69 Å². The first-order valence-corrected chi connectivity index (χ1v) is 6.57. The summed E-state index contributed by atoms with van der Waals surface area (Å²) in [6, 6.07) is 4.87. The third-order valence-corrected chi connectivity index (χ3v) is 3.51. The zero-order valence-electron chi connectivity index (χ0n) is 10.9. The van der Waals surface area contributed by atoms with E-state index in [4.69, 9.17) is 5.73 Å². The lowest BCUT2D eigenvalue weighted by atomic mass is 10.1. The summed E-state index contributed by atoms with van der Waals surface area (Å²) >= 11 is 0. The smallest absolute Gasteiger partial charge is 0.154 e. The molecule has 1 saturated carbocycles. The average Bonchev–Trinajstić information content (AvgIpc) is 3.16. The first-order valence-electron chi connectivity index (χ1n) is 6.57.